The van der Waals surface area contributed by atoms with Gasteiger partial charge in [-0.15, -0.1) is 0 Å². The van der Waals surface area contributed by atoms with Crippen LogP contribution in [0, 0.1) is 6.92 Å². The van der Waals surface area contributed by atoms with Gasteiger partial charge in [0.05, 0.1) is 5.69 Å². The number of nitrogens with zero attached hydrogens (tertiary/aromatic N) is 2. The highest BCUT2D eigenvalue weighted by atomic mass is 16.2. The molecule has 1 aromatic rings. The van der Waals surface area contributed by atoms with Crippen molar-refractivity contribution >= 4 is 5.91 Å². The Morgan fingerprint density at radius 1 is 1.35 bits per heavy atom. The van der Waals surface area contributed by atoms with E-state index in [1.807, 2.05) is 20.0 Å². The molecule has 2 rings (SSSR count). The van der Waals surface area contributed by atoms with Gasteiger partial charge in [0.15, 0.2) is 0 Å². The van der Waals surface area contributed by atoms with E-state index in [4.69, 9.17) is 0 Å². The number of aromatic nitrogens is 2. The standard InChI is InChI=1S/C15H26N4O/c1-4-9-16-12-5-7-13(8-6-12)17-15(20)14-10-11(2)18-19(14)3/h10,12-13,16H,4-9H2,1-3H3,(H,17,20). The molecule has 0 aromatic carbocycles. The molecule has 112 valence electrons. The predicted molar refractivity (Wildman–Crippen MR) is 79.7 cm³/mol. The largest absolute Gasteiger partial charge is 0.348 e. The lowest BCUT2D eigenvalue weighted by atomic mass is 9.91. The molecular formula is C15H26N4O. The highest BCUT2D eigenvalue weighted by Gasteiger charge is 2.23. The molecule has 5 heteroatoms. The SMILES string of the molecule is CCCNC1CCC(NC(=O)c2cc(C)nn2C)CC1. The Balaban J connectivity index is 1.80. The molecule has 5 nitrogen and oxygen atoms in total. The van der Waals surface area contributed by atoms with E-state index < -0.39 is 0 Å². The van der Waals surface area contributed by atoms with Gasteiger partial charge in [-0.05, 0) is 51.6 Å². The Kier molecular flexibility index (Phi) is 5.17. The van der Waals surface area contributed by atoms with Crippen molar-refractivity contribution < 1.29 is 4.79 Å². The van der Waals surface area contributed by atoms with Crippen molar-refractivity contribution in [2.45, 2.75) is 58.0 Å². The molecule has 1 fully saturated rings. The molecule has 1 aliphatic carbocycles. The van der Waals surface area contributed by atoms with E-state index in [1.165, 1.54) is 6.42 Å². The molecular weight excluding hydrogens is 252 g/mol. The van der Waals surface area contributed by atoms with Crippen LogP contribution in [0.3, 0.4) is 0 Å². The topological polar surface area (TPSA) is 58.9 Å². The second-order valence-corrected chi connectivity index (χ2v) is 5.77. The van der Waals surface area contributed by atoms with Gasteiger partial charge in [-0.25, -0.2) is 0 Å². The summed E-state index contributed by atoms with van der Waals surface area (Å²) in [6, 6.07) is 2.77. The average molecular weight is 278 g/mol. The lowest BCUT2D eigenvalue weighted by Gasteiger charge is -2.29. The van der Waals surface area contributed by atoms with Gasteiger partial charge < -0.3 is 10.6 Å². The third-order valence-corrected chi connectivity index (χ3v) is 3.98. The lowest BCUT2D eigenvalue weighted by molar-refractivity contribution is 0.0914. The van der Waals surface area contributed by atoms with Crippen LogP contribution in [0.1, 0.15) is 55.2 Å². The van der Waals surface area contributed by atoms with Crippen molar-refractivity contribution in [2.24, 2.45) is 7.05 Å². The van der Waals surface area contributed by atoms with Crippen LogP contribution in [0.15, 0.2) is 6.07 Å². The molecule has 0 saturated heterocycles. The number of rotatable bonds is 5. The first-order valence-corrected chi connectivity index (χ1v) is 7.65. The summed E-state index contributed by atoms with van der Waals surface area (Å²) in [5.41, 5.74) is 1.53. The number of nitrogens with one attached hydrogen (secondary N) is 2. The fourth-order valence-corrected chi connectivity index (χ4v) is 2.87. The number of hydrogen-bond donors (Lipinski definition) is 2. The summed E-state index contributed by atoms with van der Waals surface area (Å²) in [5.74, 6) is -0.00179. The fraction of sp³-hybridized carbons (Fsp3) is 0.733. The molecule has 0 bridgehead atoms. The summed E-state index contributed by atoms with van der Waals surface area (Å²) in [5, 5.41) is 10.9. The Morgan fingerprint density at radius 3 is 2.55 bits per heavy atom. The van der Waals surface area contributed by atoms with Gasteiger partial charge in [-0.1, -0.05) is 6.92 Å². The van der Waals surface area contributed by atoms with E-state index in [-0.39, 0.29) is 5.91 Å². The molecule has 1 amide bonds. The zero-order valence-electron chi connectivity index (χ0n) is 12.8. The molecule has 0 radical (unpaired) electrons. The van der Waals surface area contributed by atoms with E-state index in [0.717, 1.165) is 37.9 Å². The first-order valence-electron chi connectivity index (χ1n) is 7.65. The summed E-state index contributed by atoms with van der Waals surface area (Å²) in [4.78, 5) is 12.2. The third-order valence-electron chi connectivity index (χ3n) is 3.98. The van der Waals surface area contributed by atoms with E-state index >= 15 is 0 Å². The number of hydrogen-bond acceptors (Lipinski definition) is 3. The van der Waals surface area contributed by atoms with Crippen molar-refractivity contribution in [1.82, 2.24) is 20.4 Å². The maximum Gasteiger partial charge on any atom is 0.269 e. The highest BCUT2D eigenvalue weighted by molar-refractivity contribution is 5.92. The van der Waals surface area contributed by atoms with Gasteiger partial charge in [0.25, 0.3) is 5.91 Å². The molecule has 1 heterocycles. The van der Waals surface area contributed by atoms with Crippen molar-refractivity contribution in [3.63, 3.8) is 0 Å². The van der Waals surface area contributed by atoms with Gasteiger partial charge in [-0.3, -0.25) is 9.48 Å². The van der Waals surface area contributed by atoms with Crippen LogP contribution in [0.5, 0.6) is 0 Å². The van der Waals surface area contributed by atoms with Gasteiger partial charge in [0, 0.05) is 19.1 Å². The van der Waals surface area contributed by atoms with Crippen molar-refractivity contribution in [2.75, 3.05) is 6.54 Å². The second kappa shape index (κ2) is 6.88. The van der Waals surface area contributed by atoms with Crippen LogP contribution in [0.4, 0.5) is 0 Å². The zero-order valence-corrected chi connectivity index (χ0v) is 12.8. The zero-order chi connectivity index (χ0) is 14.5. The average Bonchev–Trinajstić information content (AvgIpc) is 2.77. The van der Waals surface area contributed by atoms with Crippen LogP contribution in [0.25, 0.3) is 0 Å². The van der Waals surface area contributed by atoms with Crippen LogP contribution in [0.2, 0.25) is 0 Å². The van der Waals surface area contributed by atoms with E-state index in [0.29, 0.717) is 17.8 Å². The van der Waals surface area contributed by atoms with Crippen LogP contribution in [-0.4, -0.2) is 34.3 Å². The minimum Gasteiger partial charge on any atom is -0.348 e. The molecule has 0 aliphatic heterocycles. The molecule has 20 heavy (non-hydrogen) atoms. The molecule has 1 aliphatic rings. The summed E-state index contributed by atoms with van der Waals surface area (Å²) < 4.78 is 1.65. The number of carbonyl (C=O) groups is 1. The van der Waals surface area contributed by atoms with Gasteiger partial charge in [-0.2, -0.15) is 5.10 Å². The molecule has 0 atom stereocenters. The lowest BCUT2D eigenvalue weighted by Crippen LogP contribution is -2.42. The van der Waals surface area contributed by atoms with Gasteiger partial charge in [0.1, 0.15) is 5.69 Å². The van der Waals surface area contributed by atoms with E-state index in [1.54, 1.807) is 4.68 Å². The Hall–Kier alpha value is -1.36. The first kappa shape index (κ1) is 15.0. The van der Waals surface area contributed by atoms with Gasteiger partial charge in [0.2, 0.25) is 0 Å². The highest BCUT2D eigenvalue weighted by Crippen LogP contribution is 2.19. The number of amides is 1. The summed E-state index contributed by atoms with van der Waals surface area (Å²) in [7, 11) is 1.81. The Morgan fingerprint density at radius 2 is 2.00 bits per heavy atom. The van der Waals surface area contributed by atoms with Gasteiger partial charge >= 0.3 is 0 Å². The Labute approximate surface area is 121 Å². The van der Waals surface area contributed by atoms with Crippen molar-refractivity contribution in [3.8, 4) is 0 Å². The third kappa shape index (κ3) is 3.82. The smallest absolute Gasteiger partial charge is 0.269 e. The maximum absolute atomic E-state index is 12.2. The second-order valence-electron chi connectivity index (χ2n) is 5.77. The van der Waals surface area contributed by atoms with Crippen LogP contribution >= 0.6 is 0 Å². The van der Waals surface area contributed by atoms with Crippen LogP contribution in [-0.2, 0) is 7.05 Å². The predicted octanol–water partition coefficient (Wildman–Crippen LogP) is 1.77. The monoisotopic (exact) mass is 278 g/mol. The quantitative estimate of drug-likeness (QED) is 0.863. The van der Waals surface area contributed by atoms with Crippen LogP contribution < -0.4 is 10.6 Å². The minimum atomic E-state index is -0.00179. The van der Waals surface area contributed by atoms with E-state index in [2.05, 4.69) is 22.7 Å². The molecule has 0 spiro atoms. The first-order chi connectivity index (χ1) is 9.60. The summed E-state index contributed by atoms with van der Waals surface area (Å²) >= 11 is 0. The molecule has 0 unspecified atom stereocenters. The maximum atomic E-state index is 12.2. The van der Waals surface area contributed by atoms with Crippen molar-refractivity contribution in [3.05, 3.63) is 17.5 Å². The molecule has 1 aromatic heterocycles. The van der Waals surface area contributed by atoms with E-state index in [9.17, 15) is 4.79 Å². The van der Waals surface area contributed by atoms with Crippen molar-refractivity contribution in [1.29, 1.82) is 0 Å². The normalized spacial score (nSPS) is 22.8. The summed E-state index contributed by atoms with van der Waals surface area (Å²) in [6.07, 6.45) is 5.59. The fourth-order valence-electron chi connectivity index (χ4n) is 2.87. The molecule has 1 saturated carbocycles. The summed E-state index contributed by atoms with van der Waals surface area (Å²) in [6.45, 7) is 5.19. The number of aryl methyl sites for hydroxylation is 2. The minimum absolute atomic E-state index is 0.00179. The Bertz CT molecular complexity index is 447. The molecule has 2 N–H and O–H groups in total. The number of carbonyl (C=O) groups excluding carboxylic acids is 1.